The summed E-state index contributed by atoms with van der Waals surface area (Å²) in [4.78, 5) is 13.2. The maximum absolute atomic E-state index is 13.2. The molecule has 2 rings (SSSR count). The van der Waals surface area contributed by atoms with E-state index in [9.17, 15) is 9.18 Å². The van der Waals surface area contributed by atoms with Gasteiger partial charge in [-0.1, -0.05) is 23.7 Å². The van der Waals surface area contributed by atoms with Crippen LogP contribution in [0.15, 0.2) is 24.3 Å². The second kappa shape index (κ2) is 8.83. The number of amides is 2. The number of nitrogens with one attached hydrogen (secondary N) is 3. The van der Waals surface area contributed by atoms with Gasteiger partial charge in [0.15, 0.2) is 0 Å². The Kier molecular flexibility index (Phi) is 6.79. The highest BCUT2D eigenvalue weighted by Gasteiger charge is 2.13. The topological polar surface area (TPSA) is 82.4 Å². The second-order valence-electron chi connectivity index (χ2n) is 5.29. The minimum atomic E-state index is -0.464. The molecule has 0 aromatic heterocycles. The lowest BCUT2D eigenvalue weighted by Crippen LogP contribution is -2.47. The van der Waals surface area contributed by atoms with Gasteiger partial charge in [0.05, 0.1) is 5.02 Å². The van der Waals surface area contributed by atoms with Crippen LogP contribution in [0.3, 0.4) is 0 Å². The van der Waals surface area contributed by atoms with Gasteiger partial charge in [0.1, 0.15) is 5.82 Å². The van der Waals surface area contributed by atoms with Gasteiger partial charge in [-0.25, -0.2) is 20.5 Å². The number of urea groups is 1. The highest BCUT2D eigenvalue weighted by molar-refractivity contribution is 6.30. The van der Waals surface area contributed by atoms with Crippen molar-refractivity contribution in [1.82, 2.24) is 21.2 Å². The van der Waals surface area contributed by atoms with Crippen molar-refractivity contribution in [3.05, 3.63) is 40.7 Å². The molecule has 0 saturated carbocycles. The number of carbonyl (C=O) groups is 1. The number of rotatable bonds is 6. The molecule has 1 aliphatic heterocycles. The van der Waals surface area contributed by atoms with E-state index in [2.05, 4.69) is 21.8 Å². The number of benzene rings is 1. The van der Waals surface area contributed by atoms with Crippen LogP contribution in [0, 0.1) is 5.82 Å². The molecule has 2 amide bonds. The minimum Gasteiger partial charge on any atom is -0.299 e. The standard InChI is InChI=1S/C15H21ClFN5O/c16-13-10-12(2-3-14(13)17)11-4-8-22(9-5-11)7-1-6-19-21-15(23)20-18/h2-4,10,19H,1,5-9,18H2,(H2,20,21,23). The van der Waals surface area contributed by atoms with E-state index in [1.165, 1.54) is 11.6 Å². The summed E-state index contributed by atoms with van der Waals surface area (Å²) in [5.41, 5.74) is 9.34. The molecule has 1 heterocycles. The van der Waals surface area contributed by atoms with Crippen molar-refractivity contribution < 1.29 is 9.18 Å². The summed E-state index contributed by atoms with van der Waals surface area (Å²) < 4.78 is 13.2. The lowest BCUT2D eigenvalue weighted by Gasteiger charge is -2.26. The molecule has 1 aliphatic rings. The monoisotopic (exact) mass is 341 g/mol. The Morgan fingerprint density at radius 3 is 2.91 bits per heavy atom. The zero-order valence-corrected chi connectivity index (χ0v) is 13.5. The van der Waals surface area contributed by atoms with E-state index >= 15 is 0 Å². The van der Waals surface area contributed by atoms with E-state index in [-0.39, 0.29) is 5.02 Å². The fraction of sp³-hybridized carbons (Fsp3) is 0.400. The lowest BCUT2D eigenvalue weighted by molar-refractivity contribution is 0.235. The number of hydrazine groups is 2. The molecule has 0 fully saturated rings. The first kappa shape index (κ1) is 17.7. The molecule has 6 nitrogen and oxygen atoms in total. The molecule has 1 aromatic rings. The van der Waals surface area contributed by atoms with Gasteiger partial charge >= 0.3 is 6.03 Å². The van der Waals surface area contributed by atoms with Crippen molar-refractivity contribution in [1.29, 1.82) is 0 Å². The average Bonchev–Trinajstić information content (AvgIpc) is 2.57. The summed E-state index contributed by atoms with van der Waals surface area (Å²) >= 11 is 5.83. The van der Waals surface area contributed by atoms with Crippen LogP contribution in [0.25, 0.3) is 5.57 Å². The van der Waals surface area contributed by atoms with Crippen LogP contribution < -0.4 is 22.1 Å². The zero-order valence-electron chi connectivity index (χ0n) is 12.7. The van der Waals surface area contributed by atoms with Crippen LogP contribution in [0.4, 0.5) is 9.18 Å². The smallest absolute Gasteiger partial charge is 0.299 e. The Labute approximate surface area is 139 Å². The molecular weight excluding hydrogens is 321 g/mol. The molecule has 126 valence electrons. The fourth-order valence-corrected chi connectivity index (χ4v) is 2.62. The molecule has 5 N–H and O–H groups in total. The summed E-state index contributed by atoms with van der Waals surface area (Å²) in [7, 11) is 0. The van der Waals surface area contributed by atoms with Crippen LogP contribution in [0.2, 0.25) is 5.02 Å². The average molecular weight is 342 g/mol. The van der Waals surface area contributed by atoms with E-state index in [1.54, 1.807) is 12.1 Å². The maximum Gasteiger partial charge on any atom is 0.343 e. The lowest BCUT2D eigenvalue weighted by atomic mass is 9.99. The van der Waals surface area contributed by atoms with Gasteiger partial charge in [0.2, 0.25) is 0 Å². The Bertz CT molecular complexity index is 581. The third-order valence-electron chi connectivity index (χ3n) is 3.69. The third kappa shape index (κ3) is 5.47. The zero-order chi connectivity index (χ0) is 16.7. The van der Waals surface area contributed by atoms with Crippen LogP contribution in [0.1, 0.15) is 18.4 Å². The minimum absolute atomic E-state index is 0.158. The van der Waals surface area contributed by atoms with Crippen molar-refractivity contribution in [2.75, 3.05) is 26.2 Å². The highest BCUT2D eigenvalue weighted by Crippen LogP contribution is 2.26. The Hall–Kier alpha value is -1.67. The second-order valence-corrected chi connectivity index (χ2v) is 5.69. The number of nitrogens with zero attached hydrogens (tertiary/aromatic N) is 1. The van der Waals surface area contributed by atoms with Crippen molar-refractivity contribution >= 4 is 23.2 Å². The molecule has 1 aromatic carbocycles. The molecule has 0 atom stereocenters. The van der Waals surface area contributed by atoms with Crippen molar-refractivity contribution in [3.8, 4) is 0 Å². The number of hydrogen-bond donors (Lipinski definition) is 4. The van der Waals surface area contributed by atoms with E-state index in [1.807, 2.05) is 5.43 Å². The first-order valence-corrected chi connectivity index (χ1v) is 7.84. The van der Waals surface area contributed by atoms with Crippen molar-refractivity contribution in [2.24, 2.45) is 5.84 Å². The molecule has 0 radical (unpaired) electrons. The Morgan fingerprint density at radius 2 is 2.26 bits per heavy atom. The molecule has 0 spiro atoms. The number of carbonyl (C=O) groups excluding carboxylic acids is 1. The van der Waals surface area contributed by atoms with Gasteiger partial charge < -0.3 is 0 Å². The summed E-state index contributed by atoms with van der Waals surface area (Å²) in [6.45, 7) is 3.37. The third-order valence-corrected chi connectivity index (χ3v) is 3.98. The summed E-state index contributed by atoms with van der Waals surface area (Å²) in [5.74, 6) is 4.55. The van der Waals surface area contributed by atoms with Gasteiger partial charge in [0.25, 0.3) is 0 Å². The SMILES string of the molecule is NNC(=O)NNCCCN1CC=C(c2ccc(F)c(Cl)c2)CC1. The van der Waals surface area contributed by atoms with E-state index in [0.717, 1.165) is 38.0 Å². The number of halogens is 2. The van der Waals surface area contributed by atoms with E-state index in [0.29, 0.717) is 6.54 Å². The molecule has 0 bridgehead atoms. The van der Waals surface area contributed by atoms with Gasteiger partial charge in [-0.3, -0.25) is 15.8 Å². The maximum atomic E-state index is 13.2. The molecule has 23 heavy (non-hydrogen) atoms. The Morgan fingerprint density at radius 1 is 1.43 bits per heavy atom. The number of nitrogens with two attached hydrogens (primary N) is 1. The van der Waals surface area contributed by atoms with Crippen molar-refractivity contribution in [3.63, 3.8) is 0 Å². The van der Waals surface area contributed by atoms with Gasteiger partial charge in [0, 0.05) is 19.6 Å². The van der Waals surface area contributed by atoms with Gasteiger partial charge in [-0.05, 0) is 42.7 Å². The number of hydrogen-bond acceptors (Lipinski definition) is 4. The summed E-state index contributed by atoms with van der Waals surface area (Å²) in [6, 6.07) is 4.38. The van der Waals surface area contributed by atoms with Crippen LogP contribution >= 0.6 is 11.6 Å². The highest BCUT2D eigenvalue weighted by atomic mass is 35.5. The quantitative estimate of drug-likeness (QED) is 0.274. The van der Waals surface area contributed by atoms with Gasteiger partial charge in [-0.15, -0.1) is 0 Å². The Balaban J connectivity index is 1.73. The normalized spacial score (nSPS) is 15.2. The molecule has 0 aliphatic carbocycles. The summed E-state index contributed by atoms with van der Waals surface area (Å²) in [6.07, 6.45) is 3.96. The molecule has 0 unspecified atom stereocenters. The fourth-order valence-electron chi connectivity index (χ4n) is 2.44. The van der Waals surface area contributed by atoms with Crippen LogP contribution in [-0.4, -0.2) is 37.1 Å². The predicted octanol–water partition coefficient (Wildman–Crippen LogP) is 1.64. The van der Waals surface area contributed by atoms with E-state index in [4.69, 9.17) is 17.4 Å². The largest absolute Gasteiger partial charge is 0.343 e. The first-order chi connectivity index (χ1) is 11.1. The van der Waals surface area contributed by atoms with Crippen LogP contribution in [-0.2, 0) is 0 Å². The van der Waals surface area contributed by atoms with Crippen LogP contribution in [0.5, 0.6) is 0 Å². The summed E-state index contributed by atoms with van der Waals surface area (Å²) in [5, 5.41) is 0.158. The molecule has 0 saturated heterocycles. The molecular formula is C15H21ClFN5O. The predicted molar refractivity (Wildman–Crippen MR) is 88.9 cm³/mol. The molecule has 8 heteroatoms. The first-order valence-electron chi connectivity index (χ1n) is 7.46. The van der Waals surface area contributed by atoms with Crippen molar-refractivity contribution in [2.45, 2.75) is 12.8 Å². The van der Waals surface area contributed by atoms with Gasteiger partial charge in [-0.2, -0.15) is 0 Å². The van der Waals surface area contributed by atoms with E-state index < -0.39 is 11.8 Å².